The topological polar surface area (TPSA) is 83.0 Å². The highest BCUT2D eigenvalue weighted by Gasteiger charge is 2.45. The second-order valence-electron chi connectivity index (χ2n) is 8.60. The van der Waals surface area contributed by atoms with Crippen LogP contribution < -0.4 is 4.74 Å². The number of hydrogen-bond acceptors (Lipinski definition) is 6. The number of pyridine rings is 1. The number of hydrogen-bond donors (Lipinski definition) is 1. The van der Waals surface area contributed by atoms with Crippen molar-refractivity contribution in [3.63, 3.8) is 0 Å². The number of benzene rings is 2. The number of aliphatic hydroxyl groups excluding tert-OH is 1. The molecule has 0 aliphatic carbocycles. The Labute approximate surface area is 211 Å². The maximum Gasteiger partial charge on any atom is 0.295 e. The van der Waals surface area contributed by atoms with E-state index in [4.69, 9.17) is 4.74 Å². The number of Topliss-reactive ketones (excluding diaryl/α,β-unsaturated/α-hetero) is 1. The first-order valence-electron chi connectivity index (χ1n) is 12.2. The van der Waals surface area contributed by atoms with Gasteiger partial charge in [-0.05, 0) is 48.5 Å². The van der Waals surface area contributed by atoms with Crippen molar-refractivity contribution < 1.29 is 19.4 Å². The molecule has 7 nitrogen and oxygen atoms in total. The summed E-state index contributed by atoms with van der Waals surface area (Å²) in [5.41, 5.74) is 2.32. The number of amides is 1. The van der Waals surface area contributed by atoms with E-state index in [1.807, 2.05) is 54.6 Å². The molecule has 36 heavy (non-hydrogen) atoms. The maximum atomic E-state index is 13.2. The minimum absolute atomic E-state index is 0.0868. The number of ketones is 1. The van der Waals surface area contributed by atoms with Crippen molar-refractivity contribution in [3.8, 4) is 5.75 Å². The standard InChI is InChI=1S/C29H31N3O4/c1-3-31(4-2)18-19-32-26(25(28(34)29(32)35)27(33)23-14-16-30-17-15-23)22-10-12-24(13-11-22)36-20-21-8-6-5-7-9-21/h5-17,26,33H,3-4,18-20H2,1-2H3/b27-25+. The first kappa shape index (κ1) is 25.1. The van der Waals surface area contributed by atoms with Gasteiger partial charge in [-0.2, -0.15) is 0 Å². The van der Waals surface area contributed by atoms with Crippen LogP contribution in [0.15, 0.2) is 84.7 Å². The van der Waals surface area contributed by atoms with Gasteiger partial charge < -0.3 is 19.6 Å². The summed E-state index contributed by atoms with van der Waals surface area (Å²) in [5.74, 6) is -0.808. The summed E-state index contributed by atoms with van der Waals surface area (Å²) in [6.07, 6.45) is 3.08. The van der Waals surface area contributed by atoms with Crippen molar-refractivity contribution in [2.24, 2.45) is 0 Å². The third-order valence-electron chi connectivity index (χ3n) is 6.49. The fourth-order valence-corrected chi connectivity index (χ4v) is 4.40. The van der Waals surface area contributed by atoms with Crippen molar-refractivity contribution >= 4 is 17.4 Å². The van der Waals surface area contributed by atoms with Crippen LogP contribution in [-0.2, 0) is 16.2 Å². The molecule has 0 saturated carbocycles. The molecule has 1 aliphatic rings. The Kier molecular flexibility index (Phi) is 8.13. The molecule has 4 rings (SSSR count). The monoisotopic (exact) mass is 485 g/mol. The lowest BCUT2D eigenvalue weighted by Crippen LogP contribution is -2.38. The molecule has 2 heterocycles. The van der Waals surface area contributed by atoms with Gasteiger partial charge in [0.25, 0.3) is 11.7 Å². The van der Waals surface area contributed by atoms with Gasteiger partial charge in [-0.15, -0.1) is 0 Å². The molecule has 0 radical (unpaired) electrons. The third-order valence-corrected chi connectivity index (χ3v) is 6.49. The number of likely N-dealkylation sites (N-methyl/N-ethyl adjacent to an activating group) is 1. The van der Waals surface area contributed by atoms with Gasteiger partial charge in [0.15, 0.2) is 0 Å². The Balaban J connectivity index is 1.66. The van der Waals surface area contributed by atoms with Crippen LogP contribution >= 0.6 is 0 Å². The van der Waals surface area contributed by atoms with Crippen LogP contribution in [0.4, 0.5) is 0 Å². The van der Waals surface area contributed by atoms with Gasteiger partial charge in [0.05, 0.1) is 11.6 Å². The highest BCUT2D eigenvalue weighted by molar-refractivity contribution is 6.46. The summed E-state index contributed by atoms with van der Waals surface area (Å²) in [6.45, 7) is 7.25. The van der Waals surface area contributed by atoms with E-state index < -0.39 is 17.7 Å². The number of aliphatic hydroxyl groups is 1. The highest BCUT2D eigenvalue weighted by Crippen LogP contribution is 2.39. The summed E-state index contributed by atoms with van der Waals surface area (Å²) < 4.78 is 5.91. The molecule has 186 valence electrons. The van der Waals surface area contributed by atoms with E-state index in [0.29, 0.717) is 31.0 Å². The Morgan fingerprint density at radius 3 is 2.28 bits per heavy atom. The van der Waals surface area contributed by atoms with Gasteiger partial charge in [-0.1, -0.05) is 56.3 Å². The zero-order valence-corrected chi connectivity index (χ0v) is 20.6. The molecule has 0 spiro atoms. The summed E-state index contributed by atoms with van der Waals surface area (Å²) in [6, 6.07) is 19.8. The molecule has 1 atom stereocenters. The van der Waals surface area contributed by atoms with Crippen molar-refractivity contribution in [3.05, 3.63) is 101 Å². The van der Waals surface area contributed by atoms with Crippen molar-refractivity contribution in [2.75, 3.05) is 26.2 Å². The molecule has 1 amide bonds. The summed E-state index contributed by atoms with van der Waals surface area (Å²) in [4.78, 5) is 34.0. The number of aromatic nitrogens is 1. The van der Waals surface area contributed by atoms with Crippen molar-refractivity contribution in [1.29, 1.82) is 0 Å². The Hall–Kier alpha value is -3.97. The number of rotatable bonds is 10. The zero-order chi connectivity index (χ0) is 25.5. The van der Waals surface area contributed by atoms with E-state index in [2.05, 4.69) is 23.7 Å². The Bertz CT molecular complexity index is 1210. The van der Waals surface area contributed by atoms with Gasteiger partial charge in [0.1, 0.15) is 18.1 Å². The summed E-state index contributed by atoms with van der Waals surface area (Å²) in [7, 11) is 0. The fourth-order valence-electron chi connectivity index (χ4n) is 4.40. The van der Waals surface area contributed by atoms with Crippen LogP contribution in [0.25, 0.3) is 5.76 Å². The number of likely N-dealkylation sites (tertiary alicyclic amines) is 1. The fraction of sp³-hybridized carbons (Fsp3) is 0.276. The van der Waals surface area contributed by atoms with Gasteiger partial charge in [-0.25, -0.2) is 0 Å². The van der Waals surface area contributed by atoms with Crippen molar-refractivity contribution in [1.82, 2.24) is 14.8 Å². The molecule has 3 aromatic rings. The molecular weight excluding hydrogens is 454 g/mol. The summed E-state index contributed by atoms with van der Waals surface area (Å²) >= 11 is 0. The molecule has 1 aliphatic heterocycles. The molecule has 1 aromatic heterocycles. The number of ether oxygens (including phenoxy) is 1. The van der Waals surface area contributed by atoms with Crippen LogP contribution in [-0.4, -0.2) is 57.8 Å². The van der Waals surface area contributed by atoms with E-state index in [0.717, 1.165) is 24.2 Å². The molecule has 1 fully saturated rings. The van der Waals surface area contributed by atoms with Crippen LogP contribution in [0.3, 0.4) is 0 Å². The number of carbonyl (C=O) groups excluding carboxylic acids is 2. The number of nitrogens with zero attached hydrogens (tertiary/aromatic N) is 3. The van der Waals surface area contributed by atoms with Crippen LogP contribution in [0, 0.1) is 0 Å². The number of carbonyl (C=O) groups is 2. The van der Waals surface area contributed by atoms with Crippen molar-refractivity contribution in [2.45, 2.75) is 26.5 Å². The second-order valence-corrected chi connectivity index (χ2v) is 8.60. The molecule has 1 N–H and O–H groups in total. The third kappa shape index (κ3) is 5.47. The van der Waals surface area contributed by atoms with Gasteiger partial charge >= 0.3 is 0 Å². The maximum absolute atomic E-state index is 13.2. The van der Waals surface area contributed by atoms with Gasteiger partial charge in [0, 0.05) is 31.0 Å². The normalized spacial score (nSPS) is 17.1. The van der Waals surface area contributed by atoms with Crippen LogP contribution in [0.5, 0.6) is 5.75 Å². The molecule has 2 aromatic carbocycles. The van der Waals surface area contributed by atoms with E-state index in [-0.39, 0.29) is 11.3 Å². The lowest BCUT2D eigenvalue weighted by molar-refractivity contribution is -0.140. The lowest BCUT2D eigenvalue weighted by Gasteiger charge is -2.28. The highest BCUT2D eigenvalue weighted by atomic mass is 16.5. The SMILES string of the molecule is CCN(CC)CCN1C(=O)C(=O)/C(=C(/O)c2ccncc2)C1c1ccc(OCc2ccccc2)cc1. The van der Waals surface area contributed by atoms with E-state index >= 15 is 0 Å². The predicted octanol–water partition coefficient (Wildman–Crippen LogP) is 4.42. The average molecular weight is 486 g/mol. The zero-order valence-electron chi connectivity index (χ0n) is 20.6. The molecule has 0 bridgehead atoms. The van der Waals surface area contributed by atoms with E-state index in [1.165, 1.54) is 0 Å². The van der Waals surface area contributed by atoms with Crippen LogP contribution in [0.1, 0.15) is 36.6 Å². The molecule has 1 saturated heterocycles. The van der Waals surface area contributed by atoms with E-state index in [9.17, 15) is 14.7 Å². The lowest BCUT2D eigenvalue weighted by atomic mass is 9.95. The minimum atomic E-state index is -0.697. The minimum Gasteiger partial charge on any atom is -0.507 e. The predicted molar refractivity (Wildman–Crippen MR) is 138 cm³/mol. The Morgan fingerprint density at radius 2 is 1.64 bits per heavy atom. The Morgan fingerprint density at radius 1 is 0.972 bits per heavy atom. The van der Waals surface area contributed by atoms with Gasteiger partial charge in [-0.3, -0.25) is 14.6 Å². The molecule has 7 heteroatoms. The summed E-state index contributed by atoms with van der Waals surface area (Å²) in [5, 5.41) is 11.1. The molecule has 1 unspecified atom stereocenters. The molecular formula is C29H31N3O4. The van der Waals surface area contributed by atoms with Crippen LogP contribution in [0.2, 0.25) is 0 Å². The quantitative estimate of drug-likeness (QED) is 0.260. The van der Waals surface area contributed by atoms with E-state index in [1.54, 1.807) is 29.4 Å². The second kappa shape index (κ2) is 11.6. The first-order chi connectivity index (χ1) is 17.5. The van der Waals surface area contributed by atoms with Gasteiger partial charge in [0.2, 0.25) is 0 Å². The first-order valence-corrected chi connectivity index (χ1v) is 12.2. The average Bonchev–Trinajstić information content (AvgIpc) is 3.18. The largest absolute Gasteiger partial charge is 0.507 e. The smallest absolute Gasteiger partial charge is 0.295 e.